The number of carboxylic acid groups (broad SMARTS) is 1. The molecule has 0 unspecified atom stereocenters. The molecule has 2 N–H and O–H groups in total. The molecule has 0 amide bonds. The molecule has 0 aliphatic carbocycles. The molecule has 0 saturated carbocycles. The summed E-state index contributed by atoms with van der Waals surface area (Å²) in [6.45, 7) is 2.92. The molecule has 0 heterocycles. The number of thioether (sulfide) groups is 1. The first-order valence-corrected chi connectivity index (χ1v) is 12.5. The van der Waals surface area contributed by atoms with Gasteiger partial charge in [-0.05, 0) is 71.7 Å². The van der Waals surface area contributed by atoms with Crippen LogP contribution in [0, 0.1) is 6.92 Å². The lowest BCUT2D eigenvalue weighted by atomic mass is 10.2. The zero-order chi connectivity index (χ0) is 21.3. The Labute approximate surface area is 184 Å². The normalized spacial score (nSPS) is 11.4. The van der Waals surface area contributed by atoms with Crippen molar-refractivity contribution in [2.45, 2.75) is 23.1 Å². The van der Waals surface area contributed by atoms with Gasteiger partial charge in [-0.3, -0.25) is 0 Å². The number of benzene rings is 2. The average molecular weight is 502 g/mol. The first-order valence-electron chi connectivity index (χ1n) is 9.05. The van der Waals surface area contributed by atoms with Crippen LogP contribution in [0.2, 0.25) is 0 Å². The minimum atomic E-state index is -3.29. The van der Waals surface area contributed by atoms with Crippen LogP contribution in [0.15, 0.2) is 56.7 Å². The van der Waals surface area contributed by atoms with Crippen molar-refractivity contribution in [2.24, 2.45) is 0 Å². The van der Waals surface area contributed by atoms with Crippen molar-refractivity contribution in [3.63, 3.8) is 0 Å². The molecule has 9 heteroatoms. The summed E-state index contributed by atoms with van der Waals surface area (Å²) in [7, 11) is -3.29. The van der Waals surface area contributed by atoms with Crippen LogP contribution in [-0.4, -0.2) is 50.7 Å². The van der Waals surface area contributed by atoms with Gasteiger partial charge in [0.05, 0.1) is 10.6 Å². The largest absolute Gasteiger partial charge is 0.482 e. The van der Waals surface area contributed by atoms with Crippen LogP contribution < -0.4 is 10.1 Å². The number of aliphatic carboxylic acids is 1. The molecule has 0 radical (unpaired) electrons. The molecule has 0 aliphatic heterocycles. The second-order valence-electron chi connectivity index (χ2n) is 6.31. The number of hydrogen-bond acceptors (Lipinski definition) is 6. The van der Waals surface area contributed by atoms with E-state index >= 15 is 0 Å². The van der Waals surface area contributed by atoms with E-state index in [2.05, 4.69) is 21.2 Å². The Kier molecular flexibility index (Phi) is 9.48. The molecule has 2 aromatic carbocycles. The summed E-state index contributed by atoms with van der Waals surface area (Å²) in [4.78, 5) is 12.0. The fraction of sp³-hybridized carbons (Fsp3) is 0.350. The number of halogens is 1. The van der Waals surface area contributed by atoms with E-state index in [1.54, 1.807) is 42.1 Å². The summed E-state index contributed by atoms with van der Waals surface area (Å²) in [5, 5.41) is 11.9. The van der Waals surface area contributed by atoms with Gasteiger partial charge in [0.1, 0.15) is 5.75 Å². The van der Waals surface area contributed by atoms with Gasteiger partial charge in [-0.25, -0.2) is 13.2 Å². The minimum Gasteiger partial charge on any atom is -0.482 e. The predicted molar refractivity (Wildman–Crippen MR) is 119 cm³/mol. The van der Waals surface area contributed by atoms with Crippen molar-refractivity contribution in [3.05, 3.63) is 52.5 Å². The summed E-state index contributed by atoms with van der Waals surface area (Å²) in [5.41, 5.74) is 0.890. The van der Waals surface area contributed by atoms with Gasteiger partial charge >= 0.3 is 5.97 Å². The number of hydrogen-bond donors (Lipinski definition) is 2. The van der Waals surface area contributed by atoms with E-state index in [9.17, 15) is 13.2 Å². The van der Waals surface area contributed by atoms with Crippen molar-refractivity contribution in [3.8, 4) is 5.75 Å². The molecule has 0 aromatic heterocycles. The molecular weight excluding hydrogens is 478 g/mol. The van der Waals surface area contributed by atoms with Crippen molar-refractivity contribution in [2.75, 3.05) is 31.2 Å². The van der Waals surface area contributed by atoms with Crippen LogP contribution in [0.5, 0.6) is 5.75 Å². The maximum Gasteiger partial charge on any atom is 0.341 e. The molecule has 6 nitrogen and oxygen atoms in total. The van der Waals surface area contributed by atoms with Crippen LogP contribution in [0.4, 0.5) is 0 Å². The van der Waals surface area contributed by atoms with Crippen molar-refractivity contribution in [1.82, 2.24) is 5.32 Å². The quantitative estimate of drug-likeness (QED) is 0.337. The zero-order valence-electron chi connectivity index (χ0n) is 16.1. The van der Waals surface area contributed by atoms with Crippen LogP contribution in [0.25, 0.3) is 0 Å². The Bertz CT molecular complexity index is 934. The lowest BCUT2D eigenvalue weighted by molar-refractivity contribution is -0.139. The van der Waals surface area contributed by atoms with Crippen molar-refractivity contribution < 1.29 is 23.1 Å². The monoisotopic (exact) mass is 501 g/mol. The number of rotatable bonds is 12. The average Bonchev–Trinajstić information content (AvgIpc) is 2.66. The highest BCUT2D eigenvalue weighted by molar-refractivity contribution is 9.10. The molecule has 158 valence electrons. The Balaban J connectivity index is 1.67. The molecule has 29 heavy (non-hydrogen) atoms. The Morgan fingerprint density at radius 2 is 1.97 bits per heavy atom. The molecule has 2 rings (SSSR count). The minimum absolute atomic E-state index is 0.104. The van der Waals surface area contributed by atoms with Crippen molar-refractivity contribution in [1.29, 1.82) is 0 Å². The van der Waals surface area contributed by atoms with Crippen LogP contribution in [0.1, 0.15) is 12.0 Å². The zero-order valence-corrected chi connectivity index (χ0v) is 19.3. The van der Waals surface area contributed by atoms with E-state index < -0.39 is 15.8 Å². The number of carboxylic acids is 1. The molecule has 0 saturated heterocycles. The van der Waals surface area contributed by atoms with E-state index in [-0.39, 0.29) is 12.4 Å². The van der Waals surface area contributed by atoms with Crippen LogP contribution in [-0.2, 0) is 14.6 Å². The van der Waals surface area contributed by atoms with Crippen LogP contribution in [0.3, 0.4) is 0 Å². The van der Waals surface area contributed by atoms with E-state index in [1.807, 2.05) is 19.1 Å². The molecule has 0 aliphatic rings. The first kappa shape index (κ1) is 23.7. The third kappa shape index (κ3) is 8.00. The number of sulfone groups is 1. The van der Waals surface area contributed by atoms with E-state index in [4.69, 9.17) is 9.84 Å². The Morgan fingerprint density at radius 1 is 1.21 bits per heavy atom. The fourth-order valence-corrected chi connectivity index (χ4v) is 5.90. The summed E-state index contributed by atoms with van der Waals surface area (Å²) >= 11 is 4.96. The summed E-state index contributed by atoms with van der Waals surface area (Å²) < 4.78 is 30.5. The highest BCUT2D eigenvalue weighted by Gasteiger charge is 2.16. The van der Waals surface area contributed by atoms with E-state index in [0.29, 0.717) is 28.1 Å². The third-order valence-corrected chi connectivity index (χ3v) is 7.79. The van der Waals surface area contributed by atoms with Gasteiger partial charge in [0.15, 0.2) is 16.4 Å². The lowest BCUT2D eigenvalue weighted by Gasteiger charge is -2.10. The summed E-state index contributed by atoms with van der Waals surface area (Å²) in [6.07, 6.45) is 0.545. The Hall–Kier alpha value is -1.55. The molecule has 0 spiro atoms. The predicted octanol–water partition coefficient (Wildman–Crippen LogP) is 3.77. The number of ether oxygens (including phenoxy) is 1. The first-order chi connectivity index (χ1) is 13.8. The van der Waals surface area contributed by atoms with Gasteiger partial charge in [-0.2, -0.15) is 0 Å². The SMILES string of the molecule is Cc1cc(SCCNCCCS(=O)(=O)c2ccccc2Br)ccc1OCC(=O)O. The highest BCUT2D eigenvalue weighted by Crippen LogP contribution is 2.25. The number of aryl methyl sites for hydroxylation is 1. The number of nitrogens with one attached hydrogen (secondary N) is 1. The molecular formula is C20H24BrNO5S2. The van der Waals surface area contributed by atoms with E-state index in [0.717, 1.165) is 22.8 Å². The number of carbonyl (C=O) groups is 1. The standard InChI is InChI=1S/C20H24BrNO5S2/c1-15-13-16(7-8-18(15)27-14-20(23)24)28-11-10-22-9-4-12-29(25,26)19-6-3-2-5-17(19)21/h2-3,5-8,13,22H,4,9-12,14H2,1H3,(H,23,24). The fourth-order valence-electron chi connectivity index (χ4n) is 2.57. The second kappa shape index (κ2) is 11.6. The molecule has 0 atom stereocenters. The topological polar surface area (TPSA) is 92.7 Å². The second-order valence-corrected chi connectivity index (χ2v) is 10.4. The third-order valence-electron chi connectivity index (χ3n) is 3.98. The maximum absolute atomic E-state index is 12.4. The summed E-state index contributed by atoms with van der Waals surface area (Å²) in [6, 6.07) is 12.5. The molecule has 2 aromatic rings. The van der Waals surface area contributed by atoms with Crippen molar-refractivity contribution >= 4 is 43.5 Å². The smallest absolute Gasteiger partial charge is 0.341 e. The van der Waals surface area contributed by atoms with Gasteiger partial charge in [-0.1, -0.05) is 12.1 Å². The Morgan fingerprint density at radius 3 is 2.66 bits per heavy atom. The maximum atomic E-state index is 12.4. The van der Waals surface area contributed by atoms with Gasteiger partial charge < -0.3 is 15.2 Å². The molecule has 0 bridgehead atoms. The van der Waals surface area contributed by atoms with Gasteiger partial charge in [0, 0.05) is 21.7 Å². The van der Waals surface area contributed by atoms with Gasteiger partial charge in [-0.15, -0.1) is 11.8 Å². The highest BCUT2D eigenvalue weighted by atomic mass is 79.9. The summed E-state index contributed by atoms with van der Waals surface area (Å²) in [5.74, 6) is 0.512. The van der Waals surface area contributed by atoms with Gasteiger partial charge in [0.2, 0.25) is 0 Å². The van der Waals surface area contributed by atoms with Crippen LogP contribution >= 0.6 is 27.7 Å². The van der Waals surface area contributed by atoms with Gasteiger partial charge in [0.25, 0.3) is 0 Å². The lowest BCUT2D eigenvalue weighted by Crippen LogP contribution is -2.21. The molecule has 0 fully saturated rings. The van der Waals surface area contributed by atoms with E-state index in [1.165, 1.54) is 0 Å².